The van der Waals surface area contributed by atoms with Crippen molar-refractivity contribution in [2.75, 3.05) is 7.05 Å². The lowest BCUT2D eigenvalue weighted by Gasteiger charge is -1.85. The van der Waals surface area contributed by atoms with E-state index >= 15 is 0 Å². The van der Waals surface area contributed by atoms with Crippen molar-refractivity contribution in [1.82, 2.24) is 4.98 Å². The Hall–Kier alpha value is -1.38. The topological polar surface area (TPSA) is 40.5 Å². The first-order valence-corrected chi connectivity index (χ1v) is 2.94. The van der Waals surface area contributed by atoms with Crippen LogP contribution in [0.1, 0.15) is 5.56 Å². The Bertz CT molecular complexity index is 247. The fraction of sp³-hybridized carbons (Fsp3) is 0.143. The van der Waals surface area contributed by atoms with Crippen LogP contribution in [-0.4, -0.2) is 25.0 Å². The molecule has 52 valence electrons. The molecule has 1 aromatic heterocycles. The van der Waals surface area contributed by atoms with Crippen LogP contribution in [-0.2, 0) is 0 Å². The number of nitrogens with one attached hydrogen (secondary N) is 1. The summed E-state index contributed by atoms with van der Waals surface area (Å²) in [5.74, 6) is 0. The third kappa shape index (κ3) is 1.13. The summed E-state index contributed by atoms with van der Waals surface area (Å²) in [6.45, 7) is 3.41. The van der Waals surface area contributed by atoms with Crippen LogP contribution in [0.25, 0.3) is 0 Å². The van der Waals surface area contributed by atoms with Gasteiger partial charge in [-0.3, -0.25) is 9.98 Å². The van der Waals surface area contributed by atoms with Crippen molar-refractivity contribution in [1.29, 1.82) is 0 Å². The normalized spacial score (nSPS) is 10.5. The minimum atomic E-state index is 0.839. The van der Waals surface area contributed by atoms with E-state index in [1.54, 1.807) is 19.5 Å². The van der Waals surface area contributed by atoms with Crippen molar-refractivity contribution >= 4 is 18.6 Å². The molecule has 0 bridgehead atoms. The summed E-state index contributed by atoms with van der Waals surface area (Å²) in [7, 11) is 1.72. The minimum absolute atomic E-state index is 0.839. The maximum absolute atomic E-state index is 3.85. The van der Waals surface area contributed by atoms with Gasteiger partial charge in [-0.15, -0.1) is 0 Å². The van der Waals surface area contributed by atoms with Gasteiger partial charge in [-0.25, -0.2) is 0 Å². The molecule has 0 spiro atoms. The maximum Gasteiger partial charge on any atom is 0.0884 e. The van der Waals surface area contributed by atoms with E-state index in [9.17, 15) is 0 Å². The number of aromatic nitrogens is 1. The maximum atomic E-state index is 3.85. The van der Waals surface area contributed by atoms with Crippen LogP contribution in [0, 0.1) is 0 Å². The molecule has 0 unspecified atom stereocenters. The summed E-state index contributed by atoms with van der Waals surface area (Å²) in [6.07, 6.45) is 5.35. The Kier molecular flexibility index (Phi) is 1.99. The van der Waals surface area contributed by atoms with Crippen molar-refractivity contribution < 1.29 is 0 Å². The van der Waals surface area contributed by atoms with Gasteiger partial charge >= 0.3 is 0 Å². The van der Waals surface area contributed by atoms with Gasteiger partial charge in [0.25, 0.3) is 0 Å². The van der Waals surface area contributed by atoms with E-state index < -0.39 is 0 Å². The predicted octanol–water partition coefficient (Wildman–Crippen LogP) is 1.40. The van der Waals surface area contributed by atoms with E-state index in [0.29, 0.717) is 0 Å². The highest BCUT2D eigenvalue weighted by atomic mass is 14.8. The molecule has 0 fully saturated rings. The molecule has 1 rings (SSSR count). The number of aliphatic imine (C=N–C) groups is 2. The van der Waals surface area contributed by atoms with Gasteiger partial charge < -0.3 is 4.98 Å². The number of rotatable bonds is 2. The quantitative estimate of drug-likeness (QED) is 0.595. The third-order valence-electron chi connectivity index (χ3n) is 1.19. The fourth-order valence-electron chi connectivity index (χ4n) is 0.747. The van der Waals surface area contributed by atoms with Crippen LogP contribution < -0.4 is 0 Å². The Labute approximate surface area is 59.5 Å². The number of aromatic amines is 1. The number of nitrogens with zero attached hydrogens (tertiary/aromatic N) is 2. The third-order valence-corrected chi connectivity index (χ3v) is 1.19. The molecule has 0 saturated heterocycles. The van der Waals surface area contributed by atoms with Crippen LogP contribution in [0.4, 0.5) is 5.69 Å². The first-order valence-electron chi connectivity index (χ1n) is 2.94. The SMILES string of the molecule is C=Nc1c[nH]cc1C=NC. The number of hydrogen-bond acceptors (Lipinski definition) is 2. The zero-order chi connectivity index (χ0) is 7.40. The average molecular weight is 135 g/mol. The second kappa shape index (κ2) is 2.96. The lowest BCUT2D eigenvalue weighted by molar-refractivity contribution is 1.40. The van der Waals surface area contributed by atoms with Gasteiger partial charge in [0.1, 0.15) is 0 Å². The smallest absolute Gasteiger partial charge is 0.0884 e. The summed E-state index contributed by atoms with van der Waals surface area (Å²) in [5, 5.41) is 0. The van der Waals surface area contributed by atoms with E-state index in [2.05, 4.69) is 21.7 Å². The van der Waals surface area contributed by atoms with Gasteiger partial charge in [0, 0.05) is 31.2 Å². The lowest BCUT2D eigenvalue weighted by Crippen LogP contribution is -1.73. The van der Waals surface area contributed by atoms with Crippen molar-refractivity contribution in [3.05, 3.63) is 18.0 Å². The molecule has 0 atom stereocenters. The zero-order valence-corrected chi connectivity index (χ0v) is 5.83. The largest absolute Gasteiger partial charge is 0.365 e. The molecule has 3 nitrogen and oxygen atoms in total. The molecule has 1 aromatic rings. The monoisotopic (exact) mass is 135 g/mol. The summed E-state index contributed by atoms with van der Waals surface area (Å²) in [4.78, 5) is 10.5. The molecule has 0 aliphatic heterocycles. The van der Waals surface area contributed by atoms with Gasteiger partial charge in [0.15, 0.2) is 0 Å². The predicted molar refractivity (Wildman–Crippen MR) is 43.5 cm³/mol. The molecule has 0 aromatic carbocycles. The summed E-state index contributed by atoms with van der Waals surface area (Å²) in [5.41, 5.74) is 1.81. The van der Waals surface area contributed by atoms with Crippen molar-refractivity contribution in [2.45, 2.75) is 0 Å². The zero-order valence-electron chi connectivity index (χ0n) is 5.83. The van der Waals surface area contributed by atoms with Crippen LogP contribution in [0.3, 0.4) is 0 Å². The Balaban J connectivity index is 3.00. The Morgan fingerprint density at radius 2 is 2.40 bits per heavy atom. The standard InChI is InChI=1S/C7H9N3/c1-8-3-6-4-10-5-7(6)9-2/h3-5,10H,2H2,1H3. The van der Waals surface area contributed by atoms with Gasteiger partial charge in [0.2, 0.25) is 0 Å². The highest BCUT2D eigenvalue weighted by Gasteiger charge is 1.95. The number of H-pyrrole nitrogens is 1. The first kappa shape index (κ1) is 6.74. The number of hydrogen-bond donors (Lipinski definition) is 1. The van der Waals surface area contributed by atoms with Crippen LogP contribution in [0.15, 0.2) is 22.4 Å². The highest BCUT2D eigenvalue weighted by Crippen LogP contribution is 2.14. The summed E-state index contributed by atoms with van der Waals surface area (Å²) < 4.78 is 0. The molecule has 0 amide bonds. The van der Waals surface area contributed by atoms with Crippen LogP contribution in [0.2, 0.25) is 0 Å². The summed E-state index contributed by atoms with van der Waals surface area (Å²) >= 11 is 0. The minimum Gasteiger partial charge on any atom is -0.365 e. The second-order valence-electron chi connectivity index (χ2n) is 1.84. The first-order chi connectivity index (χ1) is 4.88. The molecule has 1 N–H and O–H groups in total. The summed E-state index contributed by atoms with van der Waals surface area (Å²) in [6, 6.07) is 0. The van der Waals surface area contributed by atoms with Crippen LogP contribution >= 0.6 is 0 Å². The molecule has 10 heavy (non-hydrogen) atoms. The van der Waals surface area contributed by atoms with Gasteiger partial charge in [0.05, 0.1) is 5.69 Å². The molecular weight excluding hydrogens is 126 g/mol. The second-order valence-corrected chi connectivity index (χ2v) is 1.84. The van der Waals surface area contributed by atoms with E-state index in [4.69, 9.17) is 0 Å². The fourth-order valence-corrected chi connectivity index (χ4v) is 0.747. The molecule has 3 heteroatoms. The molecule has 0 saturated carbocycles. The molecule has 0 radical (unpaired) electrons. The lowest BCUT2D eigenvalue weighted by atomic mass is 10.3. The van der Waals surface area contributed by atoms with Gasteiger partial charge in [-0.2, -0.15) is 0 Å². The Morgan fingerprint density at radius 3 is 3.00 bits per heavy atom. The molecule has 0 aliphatic carbocycles. The van der Waals surface area contributed by atoms with Crippen molar-refractivity contribution in [3.8, 4) is 0 Å². The van der Waals surface area contributed by atoms with E-state index in [1.165, 1.54) is 0 Å². The van der Waals surface area contributed by atoms with Crippen LogP contribution in [0.5, 0.6) is 0 Å². The van der Waals surface area contributed by atoms with Gasteiger partial charge in [-0.1, -0.05) is 0 Å². The highest BCUT2D eigenvalue weighted by molar-refractivity contribution is 5.86. The molecular formula is C7H9N3. The molecule has 0 aliphatic rings. The van der Waals surface area contributed by atoms with E-state index in [1.807, 2.05) is 6.20 Å². The Morgan fingerprint density at radius 1 is 1.60 bits per heavy atom. The van der Waals surface area contributed by atoms with Crippen molar-refractivity contribution in [2.24, 2.45) is 9.98 Å². The van der Waals surface area contributed by atoms with E-state index in [-0.39, 0.29) is 0 Å². The van der Waals surface area contributed by atoms with E-state index in [0.717, 1.165) is 11.3 Å². The van der Waals surface area contributed by atoms with Gasteiger partial charge in [-0.05, 0) is 6.72 Å². The molecule has 1 heterocycles. The average Bonchev–Trinajstić information content (AvgIpc) is 2.36. The van der Waals surface area contributed by atoms with Crippen molar-refractivity contribution in [3.63, 3.8) is 0 Å².